The lowest BCUT2D eigenvalue weighted by Crippen LogP contribution is -1.97. The van der Waals surface area contributed by atoms with E-state index in [0.29, 0.717) is 5.02 Å². The molecule has 3 rings (SSSR count). The number of aliphatic hydroxyl groups is 1. The number of rotatable bonds is 7. The van der Waals surface area contributed by atoms with Crippen LogP contribution >= 0.6 is 11.6 Å². The van der Waals surface area contributed by atoms with Gasteiger partial charge in [0.25, 0.3) is 0 Å². The highest BCUT2D eigenvalue weighted by Gasteiger charge is 2.23. The molecule has 2 aromatic rings. The van der Waals surface area contributed by atoms with Gasteiger partial charge in [0.05, 0.1) is 0 Å². The molecule has 0 heterocycles. The van der Waals surface area contributed by atoms with Crippen LogP contribution in [0.5, 0.6) is 11.5 Å². The quantitative estimate of drug-likeness (QED) is 0.490. The summed E-state index contributed by atoms with van der Waals surface area (Å²) in [5, 5.41) is 30.1. The van der Waals surface area contributed by atoms with Gasteiger partial charge in [-0.3, -0.25) is 0 Å². The fourth-order valence-electron chi connectivity index (χ4n) is 4.00. The van der Waals surface area contributed by atoms with Crippen LogP contribution in [0, 0.1) is 5.82 Å². The fraction of sp³-hybridized carbons (Fsp3) is 0.391. The molecule has 0 saturated heterocycles. The van der Waals surface area contributed by atoms with E-state index >= 15 is 0 Å². The molecule has 3 nitrogen and oxygen atoms in total. The SMILES string of the molecule is OCCCCCCC1=C(c2ccc(F)c(O)c2)CCCc2c(Cl)ccc(O)c21. The van der Waals surface area contributed by atoms with E-state index in [1.165, 1.54) is 12.1 Å². The van der Waals surface area contributed by atoms with Crippen LogP contribution < -0.4 is 0 Å². The minimum atomic E-state index is -0.644. The molecule has 0 saturated carbocycles. The van der Waals surface area contributed by atoms with Crippen molar-refractivity contribution in [1.29, 1.82) is 0 Å². The molecule has 0 aromatic heterocycles. The zero-order chi connectivity index (χ0) is 20.1. The Morgan fingerprint density at radius 1 is 0.929 bits per heavy atom. The number of phenolic OH excluding ortho intramolecular Hbond substituents is 2. The van der Waals surface area contributed by atoms with Crippen LogP contribution in [0.15, 0.2) is 30.3 Å². The first-order valence-electron chi connectivity index (χ1n) is 9.85. The highest BCUT2D eigenvalue weighted by molar-refractivity contribution is 6.31. The van der Waals surface area contributed by atoms with Gasteiger partial charge < -0.3 is 15.3 Å². The molecule has 0 radical (unpaired) electrons. The van der Waals surface area contributed by atoms with Crippen molar-refractivity contribution in [3.63, 3.8) is 0 Å². The lowest BCUT2D eigenvalue weighted by molar-refractivity contribution is 0.282. The van der Waals surface area contributed by atoms with E-state index < -0.39 is 5.82 Å². The molecule has 150 valence electrons. The van der Waals surface area contributed by atoms with Crippen molar-refractivity contribution in [3.8, 4) is 11.5 Å². The van der Waals surface area contributed by atoms with Gasteiger partial charge in [-0.05, 0) is 85.1 Å². The zero-order valence-corrected chi connectivity index (χ0v) is 16.6. The number of aliphatic hydroxyl groups excluding tert-OH is 1. The average Bonchev–Trinajstić information content (AvgIpc) is 2.87. The van der Waals surface area contributed by atoms with E-state index in [4.69, 9.17) is 16.7 Å². The lowest BCUT2D eigenvalue weighted by Gasteiger charge is -2.18. The lowest BCUT2D eigenvalue weighted by atomic mass is 9.88. The molecule has 0 fully saturated rings. The van der Waals surface area contributed by atoms with E-state index in [1.54, 1.807) is 18.2 Å². The van der Waals surface area contributed by atoms with Crippen LogP contribution in [0.4, 0.5) is 4.39 Å². The van der Waals surface area contributed by atoms with Crippen LogP contribution in [-0.4, -0.2) is 21.9 Å². The first-order chi connectivity index (χ1) is 13.5. The normalized spacial score (nSPS) is 14.1. The molecule has 0 unspecified atom stereocenters. The highest BCUT2D eigenvalue weighted by atomic mass is 35.5. The Bertz CT molecular complexity index is 876. The summed E-state index contributed by atoms with van der Waals surface area (Å²) in [7, 11) is 0. The molecule has 28 heavy (non-hydrogen) atoms. The van der Waals surface area contributed by atoms with Crippen LogP contribution in [0.25, 0.3) is 11.1 Å². The van der Waals surface area contributed by atoms with E-state index in [2.05, 4.69) is 0 Å². The number of fused-ring (bicyclic) bond motifs is 1. The second kappa shape index (κ2) is 9.44. The first-order valence-corrected chi connectivity index (χ1v) is 10.2. The number of phenols is 2. The topological polar surface area (TPSA) is 60.7 Å². The molecule has 0 aliphatic heterocycles. The molecule has 2 aromatic carbocycles. The minimum Gasteiger partial charge on any atom is -0.507 e. The number of halogens is 2. The van der Waals surface area contributed by atoms with E-state index in [9.17, 15) is 14.6 Å². The third-order valence-electron chi connectivity index (χ3n) is 5.38. The van der Waals surface area contributed by atoms with Crippen molar-refractivity contribution in [3.05, 3.63) is 57.9 Å². The Kier molecular flexibility index (Phi) is 6.97. The van der Waals surface area contributed by atoms with Crippen LogP contribution in [-0.2, 0) is 6.42 Å². The highest BCUT2D eigenvalue weighted by Crippen LogP contribution is 2.44. The smallest absolute Gasteiger partial charge is 0.164 e. The Morgan fingerprint density at radius 3 is 2.46 bits per heavy atom. The van der Waals surface area contributed by atoms with Gasteiger partial charge in [0.1, 0.15) is 5.75 Å². The standard InChI is InChI=1S/C23H26ClFO3/c24-19-10-12-21(27)23-17(6-3-1-2-4-13-26)16(7-5-8-18(19)23)15-9-11-20(25)22(28)14-15/h9-12,14,26-28H,1-8,13H2. The van der Waals surface area contributed by atoms with E-state index in [0.717, 1.165) is 79.2 Å². The Balaban J connectivity index is 2.07. The van der Waals surface area contributed by atoms with Crippen molar-refractivity contribution in [2.45, 2.75) is 51.4 Å². The number of unbranched alkanes of at least 4 members (excludes halogenated alkanes) is 3. The largest absolute Gasteiger partial charge is 0.507 e. The molecule has 5 heteroatoms. The van der Waals surface area contributed by atoms with Gasteiger partial charge in [0.2, 0.25) is 0 Å². The van der Waals surface area contributed by atoms with Crippen molar-refractivity contribution in [2.24, 2.45) is 0 Å². The third kappa shape index (κ3) is 4.50. The second-order valence-corrected chi connectivity index (χ2v) is 7.69. The van der Waals surface area contributed by atoms with Crippen molar-refractivity contribution in [1.82, 2.24) is 0 Å². The number of aromatic hydroxyl groups is 2. The third-order valence-corrected chi connectivity index (χ3v) is 5.74. The van der Waals surface area contributed by atoms with Gasteiger partial charge in [-0.15, -0.1) is 0 Å². The second-order valence-electron chi connectivity index (χ2n) is 7.28. The van der Waals surface area contributed by atoms with E-state index in [-0.39, 0.29) is 18.1 Å². The molecular formula is C23H26ClFO3. The maximum atomic E-state index is 13.6. The predicted molar refractivity (Wildman–Crippen MR) is 111 cm³/mol. The van der Waals surface area contributed by atoms with Gasteiger partial charge in [-0.25, -0.2) is 4.39 Å². The maximum absolute atomic E-state index is 13.6. The molecule has 1 aliphatic carbocycles. The van der Waals surface area contributed by atoms with Crippen molar-refractivity contribution in [2.75, 3.05) is 6.61 Å². The van der Waals surface area contributed by atoms with Crippen molar-refractivity contribution >= 4 is 22.7 Å². The number of hydrogen-bond donors (Lipinski definition) is 3. The molecule has 0 spiro atoms. The predicted octanol–water partition coefficient (Wildman–Crippen LogP) is 6.08. The monoisotopic (exact) mass is 404 g/mol. The Labute approximate surface area is 170 Å². The Hall–Kier alpha value is -2.04. The Morgan fingerprint density at radius 2 is 1.71 bits per heavy atom. The van der Waals surface area contributed by atoms with Crippen LogP contribution in [0.2, 0.25) is 5.02 Å². The first kappa shape index (κ1) is 20.7. The summed E-state index contributed by atoms with van der Waals surface area (Å²) in [6, 6.07) is 7.77. The van der Waals surface area contributed by atoms with Gasteiger partial charge in [-0.2, -0.15) is 0 Å². The van der Waals surface area contributed by atoms with Crippen LogP contribution in [0.3, 0.4) is 0 Å². The maximum Gasteiger partial charge on any atom is 0.164 e. The summed E-state index contributed by atoms with van der Waals surface area (Å²) < 4.78 is 13.6. The van der Waals surface area contributed by atoms with E-state index in [1.807, 2.05) is 0 Å². The van der Waals surface area contributed by atoms with Gasteiger partial charge in [0, 0.05) is 17.2 Å². The molecule has 0 atom stereocenters. The molecule has 1 aliphatic rings. The molecule has 0 bridgehead atoms. The number of benzene rings is 2. The molecule has 0 amide bonds. The average molecular weight is 405 g/mol. The molecule has 3 N–H and O–H groups in total. The molecular weight excluding hydrogens is 379 g/mol. The summed E-state index contributed by atoms with van der Waals surface area (Å²) in [6.07, 6.45) is 6.75. The fourth-order valence-corrected chi connectivity index (χ4v) is 4.25. The summed E-state index contributed by atoms with van der Waals surface area (Å²) in [6.45, 7) is 0.196. The number of allylic oxidation sites excluding steroid dienone is 2. The van der Waals surface area contributed by atoms with Gasteiger partial charge in [-0.1, -0.05) is 30.5 Å². The summed E-state index contributed by atoms with van der Waals surface area (Å²) >= 11 is 6.44. The van der Waals surface area contributed by atoms with Gasteiger partial charge in [0.15, 0.2) is 11.6 Å². The summed E-state index contributed by atoms with van der Waals surface area (Å²) in [5.74, 6) is -0.808. The van der Waals surface area contributed by atoms with Crippen LogP contribution in [0.1, 0.15) is 61.6 Å². The summed E-state index contributed by atoms with van der Waals surface area (Å²) in [4.78, 5) is 0. The number of hydrogen-bond acceptors (Lipinski definition) is 3. The summed E-state index contributed by atoms with van der Waals surface area (Å²) in [5.41, 5.74) is 4.55. The van der Waals surface area contributed by atoms with Gasteiger partial charge >= 0.3 is 0 Å². The van der Waals surface area contributed by atoms with Crippen molar-refractivity contribution < 1.29 is 19.7 Å². The zero-order valence-electron chi connectivity index (χ0n) is 15.8. The minimum absolute atomic E-state index is 0.196.